The summed E-state index contributed by atoms with van der Waals surface area (Å²) in [4.78, 5) is 0. The molecule has 5 heteroatoms. The van der Waals surface area contributed by atoms with E-state index in [1.807, 2.05) is 13.8 Å². The maximum Gasteiger partial charge on any atom is 0.179 e. The summed E-state index contributed by atoms with van der Waals surface area (Å²) in [5, 5.41) is 0. The first-order chi connectivity index (χ1) is 4.15. The second kappa shape index (κ2) is 12.0. The summed E-state index contributed by atoms with van der Waals surface area (Å²) in [6, 6.07) is 0. The normalized spacial score (nSPS) is 8.67. The van der Waals surface area contributed by atoms with Crippen LogP contribution in [0.25, 0.3) is 0 Å². The molecular weight excluding hydrogens is 201 g/mol. The first-order valence-corrected chi connectivity index (χ1v) is 6.56. The number of ether oxygens (including phenoxy) is 1. The molecule has 0 aromatic carbocycles. The predicted octanol–water partition coefficient (Wildman–Crippen LogP) is 3.97. The van der Waals surface area contributed by atoms with Crippen molar-refractivity contribution in [1.82, 2.24) is 0 Å². The molecule has 0 aliphatic carbocycles. The van der Waals surface area contributed by atoms with Crippen molar-refractivity contribution in [3.63, 3.8) is 0 Å². The third kappa shape index (κ3) is 45.9. The van der Waals surface area contributed by atoms with E-state index < -0.39 is 5.98 Å². The SMILES string of the molecule is CCOCC.ClP(Cl)Cl. The number of halogens is 3. The van der Waals surface area contributed by atoms with E-state index in [2.05, 4.69) is 0 Å². The van der Waals surface area contributed by atoms with Crippen LogP contribution < -0.4 is 0 Å². The van der Waals surface area contributed by atoms with Gasteiger partial charge in [-0.05, 0) is 13.8 Å². The van der Waals surface area contributed by atoms with Crippen molar-refractivity contribution in [2.75, 3.05) is 13.2 Å². The Morgan fingerprint density at radius 2 is 1.33 bits per heavy atom. The number of rotatable bonds is 2. The van der Waals surface area contributed by atoms with E-state index >= 15 is 0 Å². The molecule has 0 radical (unpaired) electrons. The third-order valence-corrected chi connectivity index (χ3v) is 0.408. The second-order valence-corrected chi connectivity index (χ2v) is 5.96. The summed E-state index contributed by atoms with van der Waals surface area (Å²) in [5.41, 5.74) is 0. The van der Waals surface area contributed by atoms with Crippen LogP contribution in [0.3, 0.4) is 0 Å². The van der Waals surface area contributed by atoms with Crippen LogP contribution in [-0.2, 0) is 4.74 Å². The molecule has 0 fully saturated rings. The molecule has 0 amide bonds. The summed E-state index contributed by atoms with van der Waals surface area (Å²) in [6.07, 6.45) is 0. The van der Waals surface area contributed by atoms with Gasteiger partial charge < -0.3 is 4.74 Å². The molecule has 9 heavy (non-hydrogen) atoms. The van der Waals surface area contributed by atoms with Gasteiger partial charge in [-0.1, -0.05) is 33.7 Å². The van der Waals surface area contributed by atoms with Crippen LogP contribution in [0.5, 0.6) is 0 Å². The minimum atomic E-state index is -1.20. The lowest BCUT2D eigenvalue weighted by Crippen LogP contribution is -1.84. The van der Waals surface area contributed by atoms with E-state index in [1.54, 1.807) is 0 Å². The third-order valence-electron chi connectivity index (χ3n) is 0.408. The van der Waals surface area contributed by atoms with Crippen LogP contribution in [0.2, 0.25) is 0 Å². The van der Waals surface area contributed by atoms with Gasteiger partial charge >= 0.3 is 0 Å². The van der Waals surface area contributed by atoms with Crippen LogP contribution in [0.15, 0.2) is 0 Å². The van der Waals surface area contributed by atoms with Gasteiger partial charge in [0.25, 0.3) is 0 Å². The summed E-state index contributed by atoms with van der Waals surface area (Å²) in [7, 11) is 0. The maximum atomic E-state index is 4.87. The van der Waals surface area contributed by atoms with Crippen molar-refractivity contribution in [3.05, 3.63) is 0 Å². The topological polar surface area (TPSA) is 9.23 Å². The lowest BCUT2D eigenvalue weighted by atomic mass is 10.8. The fraction of sp³-hybridized carbons (Fsp3) is 1.00. The van der Waals surface area contributed by atoms with Crippen molar-refractivity contribution in [2.24, 2.45) is 0 Å². The van der Waals surface area contributed by atoms with E-state index in [4.69, 9.17) is 38.5 Å². The molecule has 0 aliphatic rings. The lowest BCUT2D eigenvalue weighted by molar-refractivity contribution is 0.162. The van der Waals surface area contributed by atoms with E-state index in [1.165, 1.54) is 0 Å². The second-order valence-electron chi connectivity index (χ2n) is 0.973. The fourth-order valence-electron chi connectivity index (χ4n) is 0.204. The Kier molecular flexibility index (Phi) is 17.2. The van der Waals surface area contributed by atoms with Crippen LogP contribution in [0.4, 0.5) is 0 Å². The van der Waals surface area contributed by atoms with Gasteiger partial charge in [0.05, 0.1) is 0 Å². The van der Waals surface area contributed by atoms with E-state index in [0.717, 1.165) is 13.2 Å². The molecule has 0 saturated heterocycles. The fourth-order valence-corrected chi connectivity index (χ4v) is 0.204. The molecule has 0 rings (SSSR count). The van der Waals surface area contributed by atoms with Crippen LogP contribution in [-0.4, -0.2) is 13.2 Å². The molecule has 0 aromatic heterocycles. The molecule has 0 heterocycles. The summed E-state index contributed by atoms with van der Waals surface area (Å²) >= 11 is 14.6. The number of hydrogen-bond donors (Lipinski definition) is 0. The van der Waals surface area contributed by atoms with Crippen molar-refractivity contribution < 1.29 is 4.74 Å². The molecule has 0 aliphatic heterocycles. The highest BCUT2D eigenvalue weighted by Gasteiger charge is 1.80. The first-order valence-electron chi connectivity index (χ1n) is 2.50. The Labute approximate surface area is 71.7 Å². The molecule has 0 aromatic rings. The monoisotopic (exact) mass is 210 g/mol. The molecule has 0 atom stereocenters. The van der Waals surface area contributed by atoms with Gasteiger partial charge in [0, 0.05) is 13.2 Å². The molecule has 1 nitrogen and oxygen atoms in total. The first kappa shape index (κ1) is 12.9. The van der Waals surface area contributed by atoms with Gasteiger partial charge in [0.15, 0.2) is 5.98 Å². The predicted molar refractivity (Wildman–Crippen MR) is 46.6 cm³/mol. The van der Waals surface area contributed by atoms with Gasteiger partial charge in [0.1, 0.15) is 0 Å². The average Bonchev–Trinajstić information content (AvgIpc) is 1.66. The van der Waals surface area contributed by atoms with Gasteiger partial charge in [-0.15, -0.1) is 0 Å². The van der Waals surface area contributed by atoms with Crippen LogP contribution >= 0.6 is 39.7 Å². The average molecular weight is 211 g/mol. The molecule has 0 bridgehead atoms. The highest BCUT2D eigenvalue weighted by molar-refractivity contribution is 8.20. The standard InChI is InChI=1S/C4H10O.Cl3P/c1-3-5-4-2;1-4(2)3/h3-4H2,1-2H3;. The Balaban J connectivity index is 0. The molecule has 0 saturated carbocycles. The largest absolute Gasteiger partial charge is 0.382 e. The Hall–Kier alpha value is 1.26. The highest BCUT2D eigenvalue weighted by atomic mass is 36.0. The Bertz CT molecular complexity index is 40.0. The zero-order valence-electron chi connectivity index (χ0n) is 5.40. The molecule has 58 valence electrons. The van der Waals surface area contributed by atoms with Crippen molar-refractivity contribution in [2.45, 2.75) is 13.8 Å². The van der Waals surface area contributed by atoms with E-state index in [-0.39, 0.29) is 0 Å². The van der Waals surface area contributed by atoms with Gasteiger partial charge in [-0.3, -0.25) is 0 Å². The molecule has 0 unspecified atom stereocenters. The zero-order chi connectivity index (χ0) is 7.70. The minimum absolute atomic E-state index is 0.844. The summed E-state index contributed by atoms with van der Waals surface area (Å²) in [5.74, 6) is -1.20. The lowest BCUT2D eigenvalue weighted by Gasteiger charge is -1.86. The van der Waals surface area contributed by atoms with Crippen molar-refractivity contribution in [1.29, 1.82) is 0 Å². The number of hydrogen-bond acceptors (Lipinski definition) is 1. The van der Waals surface area contributed by atoms with Gasteiger partial charge in [-0.25, -0.2) is 0 Å². The molecule has 0 N–H and O–H groups in total. The maximum absolute atomic E-state index is 4.87. The van der Waals surface area contributed by atoms with Crippen LogP contribution in [0, 0.1) is 0 Å². The van der Waals surface area contributed by atoms with Crippen molar-refractivity contribution >= 4 is 39.7 Å². The summed E-state index contributed by atoms with van der Waals surface area (Å²) < 4.78 is 4.83. The smallest absolute Gasteiger partial charge is 0.179 e. The zero-order valence-corrected chi connectivity index (χ0v) is 8.57. The quantitative estimate of drug-likeness (QED) is 0.628. The highest BCUT2D eigenvalue weighted by Crippen LogP contribution is 2.51. The Morgan fingerprint density at radius 1 is 1.11 bits per heavy atom. The minimum Gasteiger partial charge on any atom is -0.382 e. The molecule has 0 spiro atoms. The molecular formula is C4H10Cl3OP. The Morgan fingerprint density at radius 3 is 1.33 bits per heavy atom. The van der Waals surface area contributed by atoms with Gasteiger partial charge in [0.2, 0.25) is 0 Å². The van der Waals surface area contributed by atoms with Crippen LogP contribution in [0.1, 0.15) is 13.8 Å². The van der Waals surface area contributed by atoms with Gasteiger partial charge in [-0.2, -0.15) is 0 Å². The van der Waals surface area contributed by atoms with E-state index in [9.17, 15) is 0 Å². The van der Waals surface area contributed by atoms with E-state index in [0.29, 0.717) is 0 Å². The van der Waals surface area contributed by atoms with Crippen molar-refractivity contribution in [3.8, 4) is 0 Å². The summed E-state index contributed by atoms with van der Waals surface area (Å²) in [6.45, 7) is 5.67.